The van der Waals surface area contributed by atoms with E-state index in [2.05, 4.69) is 10.1 Å². The number of carbonyl (C=O) groups excluding carboxylic acids is 3. The van der Waals surface area contributed by atoms with Gasteiger partial charge in [-0.25, -0.2) is 4.98 Å². The van der Waals surface area contributed by atoms with Crippen LogP contribution in [-0.2, 0) is 23.8 Å². The van der Waals surface area contributed by atoms with E-state index in [9.17, 15) is 19.5 Å². The Morgan fingerprint density at radius 1 is 1.05 bits per heavy atom. The predicted octanol–water partition coefficient (Wildman–Crippen LogP) is 6.98. The second-order valence-electron chi connectivity index (χ2n) is 17.1. The number of aliphatic hydroxyl groups excluding tert-OH is 1. The third kappa shape index (κ3) is 9.31. The third-order valence-electron chi connectivity index (χ3n) is 11.6. The molecule has 1 aliphatic carbocycles. The lowest BCUT2D eigenvalue weighted by Crippen LogP contribution is -2.50. The Kier molecular flexibility index (Phi) is 14.4. The minimum atomic E-state index is -1.90. The van der Waals surface area contributed by atoms with Gasteiger partial charge >= 0.3 is 11.8 Å². The smallest absolute Gasteiger partial charge is 0.312 e. The number of aliphatic hydroxyl groups is 1. The molecule has 0 spiro atoms. The van der Waals surface area contributed by atoms with Crippen molar-refractivity contribution in [1.82, 2.24) is 9.88 Å². The van der Waals surface area contributed by atoms with Crippen molar-refractivity contribution in [2.45, 2.75) is 85.4 Å². The first-order chi connectivity index (χ1) is 30.3. The SMILES string of the molecule is COC.COc1cc(OCCN(C)C)cc2oc3c4c(=O)c5c6c(C)c7c(c5c-3nc12)C(=O)[C@@](C)(O/C=C/C[C@@H](C)C(OC(C)=O)C(O6)[C@H](O)[C@H](C)CC(C)/C=C/C=C(/C)C(=O)N4)O7. The number of hydrogen-bond acceptors (Lipinski definition) is 15. The Bertz CT molecular complexity index is 2560. The van der Waals surface area contributed by atoms with E-state index in [1.165, 1.54) is 27.2 Å². The molecule has 7 rings (SSSR count). The molecular formula is C48H59N3O13. The summed E-state index contributed by atoms with van der Waals surface area (Å²) in [7, 11) is 8.56. The third-order valence-corrected chi connectivity index (χ3v) is 11.6. The number of ketones is 1. The molecule has 0 radical (unpaired) electrons. The van der Waals surface area contributed by atoms with Gasteiger partial charge in [-0.2, -0.15) is 0 Å². The van der Waals surface area contributed by atoms with Gasteiger partial charge in [0.05, 0.1) is 30.4 Å². The summed E-state index contributed by atoms with van der Waals surface area (Å²) < 4.78 is 48.1. The Balaban J connectivity index is 0.00000220. The van der Waals surface area contributed by atoms with Gasteiger partial charge in [0.1, 0.15) is 46.9 Å². The van der Waals surface area contributed by atoms with Gasteiger partial charge in [-0.05, 0) is 58.7 Å². The van der Waals surface area contributed by atoms with Crippen LogP contribution in [0.1, 0.15) is 70.3 Å². The van der Waals surface area contributed by atoms with Crippen LogP contribution in [-0.4, -0.2) is 105 Å². The second-order valence-corrected chi connectivity index (χ2v) is 17.1. The highest BCUT2D eigenvalue weighted by molar-refractivity contribution is 6.22. The van der Waals surface area contributed by atoms with Gasteiger partial charge in [-0.15, -0.1) is 0 Å². The number of carbonyl (C=O) groups is 3. The zero-order valence-electron chi connectivity index (χ0n) is 38.6. The van der Waals surface area contributed by atoms with Crippen molar-refractivity contribution in [3.05, 3.63) is 69.6 Å². The molecule has 0 fully saturated rings. The number of Topliss-reactive ketones (excluding diaryl/α,β-unsaturated/α-hetero) is 1. The molecule has 64 heavy (non-hydrogen) atoms. The van der Waals surface area contributed by atoms with Crippen LogP contribution in [0.25, 0.3) is 33.3 Å². The number of benzene rings is 3. The molecule has 7 atom stereocenters. The fourth-order valence-corrected chi connectivity index (χ4v) is 8.21. The van der Waals surface area contributed by atoms with Crippen LogP contribution in [0.4, 0.5) is 5.69 Å². The van der Waals surface area contributed by atoms with Gasteiger partial charge in [0.15, 0.2) is 23.2 Å². The van der Waals surface area contributed by atoms with E-state index >= 15 is 4.79 Å². The van der Waals surface area contributed by atoms with E-state index in [-0.39, 0.29) is 85.3 Å². The average molecular weight is 886 g/mol. The number of aromatic nitrogens is 1. The summed E-state index contributed by atoms with van der Waals surface area (Å²) in [4.78, 5) is 64.1. The number of ether oxygens (including phenoxy) is 7. The molecule has 16 heteroatoms. The number of likely N-dealkylation sites (N-methyl/N-ethyl adjacent to an activating group) is 1. The average Bonchev–Trinajstić information content (AvgIpc) is 3.50. The van der Waals surface area contributed by atoms with Crippen molar-refractivity contribution < 1.29 is 57.1 Å². The summed E-state index contributed by atoms with van der Waals surface area (Å²) in [5, 5.41) is 15.0. The lowest BCUT2D eigenvalue weighted by Gasteiger charge is -2.37. The van der Waals surface area contributed by atoms with E-state index in [1.807, 2.05) is 45.8 Å². The molecule has 1 amide bonds. The van der Waals surface area contributed by atoms with Crippen LogP contribution >= 0.6 is 0 Å². The molecule has 2 aromatic carbocycles. The van der Waals surface area contributed by atoms with Gasteiger partial charge in [-0.1, -0.05) is 39.0 Å². The lowest BCUT2D eigenvalue weighted by molar-refractivity contribution is -0.162. The van der Waals surface area contributed by atoms with Crippen LogP contribution < -0.4 is 29.7 Å². The van der Waals surface area contributed by atoms with E-state index in [0.29, 0.717) is 25.3 Å². The second kappa shape index (κ2) is 19.4. The van der Waals surface area contributed by atoms with Crippen LogP contribution in [0.2, 0.25) is 0 Å². The van der Waals surface area contributed by atoms with Crippen LogP contribution in [0.3, 0.4) is 0 Å². The van der Waals surface area contributed by atoms with E-state index in [0.717, 1.165) is 0 Å². The van der Waals surface area contributed by atoms with E-state index < -0.39 is 59.0 Å². The summed E-state index contributed by atoms with van der Waals surface area (Å²) in [5.74, 6) is -4.21. The Labute approximate surface area is 372 Å². The summed E-state index contributed by atoms with van der Waals surface area (Å²) in [6.07, 6.45) is 5.55. The molecule has 6 bridgehead atoms. The number of anilines is 1. The zero-order chi connectivity index (χ0) is 46.8. The summed E-state index contributed by atoms with van der Waals surface area (Å²) >= 11 is 0. The molecule has 16 nitrogen and oxygen atoms in total. The highest BCUT2D eigenvalue weighted by atomic mass is 16.7. The lowest BCUT2D eigenvalue weighted by atomic mass is 9.84. The maximum absolute atomic E-state index is 15.4. The number of hydrogen-bond donors (Lipinski definition) is 2. The molecule has 4 aliphatic heterocycles. The highest BCUT2D eigenvalue weighted by Gasteiger charge is 2.51. The number of esters is 1. The Morgan fingerprint density at radius 2 is 1.77 bits per heavy atom. The maximum Gasteiger partial charge on any atom is 0.312 e. The molecule has 4 heterocycles. The Morgan fingerprint density at radius 3 is 2.44 bits per heavy atom. The molecule has 0 aromatic heterocycles. The first-order valence-electron chi connectivity index (χ1n) is 21.3. The molecule has 5 aliphatic rings. The van der Waals surface area contributed by atoms with E-state index in [1.54, 1.807) is 58.4 Å². The number of fused-ring (bicyclic) bond motifs is 8. The molecule has 2 N–H and O–H groups in total. The molecule has 344 valence electrons. The maximum atomic E-state index is 15.4. The van der Waals surface area contributed by atoms with Crippen molar-refractivity contribution in [2.24, 2.45) is 17.8 Å². The van der Waals surface area contributed by atoms with Gasteiger partial charge in [-0.3, -0.25) is 19.2 Å². The zero-order valence-corrected chi connectivity index (χ0v) is 38.6. The molecular weight excluding hydrogens is 827 g/mol. The van der Waals surface area contributed by atoms with Crippen LogP contribution in [0.15, 0.2) is 57.5 Å². The fourth-order valence-electron chi connectivity index (χ4n) is 8.21. The van der Waals surface area contributed by atoms with Crippen molar-refractivity contribution in [2.75, 3.05) is 53.9 Å². The quantitative estimate of drug-likeness (QED) is 0.114. The molecule has 3 unspecified atom stereocenters. The molecule has 2 aromatic rings. The van der Waals surface area contributed by atoms with Crippen molar-refractivity contribution in [1.29, 1.82) is 0 Å². The first-order valence-corrected chi connectivity index (χ1v) is 21.3. The minimum absolute atomic E-state index is 0.00529. The standard InChI is InChI=1S/C46H53N3O12.C2H6O/c1-22-13-11-14-24(3)45(54)48-36-38(52)32-31(35-42(36)59-30-21-28(56-18-16-49(8)9)20-29(55-10)34(30)47-35)33-41-26(5)40(32)60-43(37(51)25(4)19-22)39(58-27(6)50)23(2)15-12-17-57-46(7,61-41)44(33)53;1-3-2/h11-14,17,20-23,25,37,39,43,51H,15-16,18-19H2,1-10H3,(H,48,54);1-2H3/b13-11+,17-12+,24-14-;/t22?,23-,25-,37-,39?,43?,46+;/m1./s1. The number of amides is 1. The molecule has 0 saturated carbocycles. The summed E-state index contributed by atoms with van der Waals surface area (Å²) in [6, 6.07) is 3.26. The van der Waals surface area contributed by atoms with Gasteiger partial charge in [0.25, 0.3) is 11.7 Å². The van der Waals surface area contributed by atoms with Crippen molar-refractivity contribution >= 4 is 45.2 Å². The van der Waals surface area contributed by atoms with Gasteiger partial charge in [0, 0.05) is 69.2 Å². The van der Waals surface area contributed by atoms with Crippen molar-refractivity contribution in [3.63, 3.8) is 0 Å². The van der Waals surface area contributed by atoms with Gasteiger partial charge < -0.3 is 52.9 Å². The van der Waals surface area contributed by atoms with Gasteiger partial charge in [0.2, 0.25) is 5.43 Å². The summed E-state index contributed by atoms with van der Waals surface area (Å²) in [5.41, 5.74) is -0.216. The fraction of sp³-hybridized carbons (Fsp3) is 0.479. The predicted molar refractivity (Wildman–Crippen MR) is 240 cm³/mol. The minimum Gasteiger partial charge on any atom is -0.494 e. The number of rotatable bonds is 6. The van der Waals surface area contributed by atoms with Crippen molar-refractivity contribution in [3.8, 4) is 34.5 Å². The number of methoxy groups -OCH3 is 2. The van der Waals surface area contributed by atoms with Crippen LogP contribution in [0, 0.1) is 24.7 Å². The number of nitrogens with zero attached hydrogens (tertiary/aromatic N) is 2. The normalized spacial score (nSPS) is 26.4. The Hall–Kier alpha value is -5.97. The largest absolute Gasteiger partial charge is 0.494 e. The van der Waals surface area contributed by atoms with E-state index in [4.69, 9.17) is 37.8 Å². The number of nitrogens with one attached hydrogen (secondary N) is 1. The topological polar surface area (TPSA) is 194 Å². The number of allylic oxidation sites excluding steroid dienone is 4. The van der Waals surface area contributed by atoms with Crippen LogP contribution in [0.5, 0.6) is 23.0 Å². The first kappa shape index (κ1) is 47.5. The highest BCUT2D eigenvalue weighted by Crippen LogP contribution is 2.52. The monoisotopic (exact) mass is 885 g/mol. The summed E-state index contributed by atoms with van der Waals surface area (Å²) in [6.45, 7) is 12.6. The molecule has 0 saturated heterocycles.